The quantitative estimate of drug-likeness (QED) is 0.689. The van der Waals surface area contributed by atoms with E-state index in [4.69, 9.17) is 0 Å². The largest absolute Gasteiger partial charge is 0.454 e. The zero-order valence-corrected chi connectivity index (χ0v) is 12.0. The molecule has 0 bridgehead atoms. The Balaban J connectivity index is 3.01. The first-order valence-electron chi connectivity index (χ1n) is 6.23. The predicted molar refractivity (Wildman–Crippen MR) is 72.2 cm³/mol. The molecule has 0 aliphatic heterocycles. The molecule has 114 valence electrons. The van der Waals surface area contributed by atoms with E-state index in [1.165, 1.54) is 24.3 Å². The number of hydrogen-bond acceptors (Lipinski definition) is 2. The van der Waals surface area contributed by atoms with Crippen LogP contribution in [0.4, 0.5) is 13.2 Å². The van der Waals surface area contributed by atoms with Crippen LogP contribution in [0.3, 0.4) is 0 Å². The van der Waals surface area contributed by atoms with Crippen LogP contribution in [0, 0.1) is 5.41 Å². The fourth-order valence-corrected chi connectivity index (χ4v) is 1.59. The summed E-state index contributed by atoms with van der Waals surface area (Å²) >= 11 is 0. The van der Waals surface area contributed by atoms with E-state index in [-0.39, 0.29) is 11.5 Å². The Morgan fingerprint density at radius 2 is 1.43 bits per heavy atom. The van der Waals surface area contributed by atoms with Crippen molar-refractivity contribution < 1.29 is 28.5 Å². The van der Waals surface area contributed by atoms with Gasteiger partial charge in [-0.25, -0.2) is 0 Å². The van der Waals surface area contributed by atoms with Gasteiger partial charge in [0.15, 0.2) is 5.78 Å². The molecule has 1 aromatic rings. The molecule has 0 radical (unpaired) electrons. The van der Waals surface area contributed by atoms with Gasteiger partial charge in [0.2, 0.25) is 0 Å². The van der Waals surface area contributed by atoms with Crippen LogP contribution in [0.25, 0.3) is 5.70 Å². The summed E-state index contributed by atoms with van der Waals surface area (Å²) < 4.78 is 36.5. The summed E-state index contributed by atoms with van der Waals surface area (Å²) in [6, 6.07) is 5.98. The Hall–Kier alpha value is -1.95. The lowest BCUT2D eigenvalue weighted by molar-refractivity contribution is -0.244. The number of halogens is 3. The minimum Gasteiger partial charge on any atom is -0.325 e. The maximum absolute atomic E-state index is 12.2. The third-order valence-corrected chi connectivity index (χ3v) is 2.78. The van der Waals surface area contributed by atoms with Crippen molar-refractivity contribution in [2.24, 2.45) is 5.41 Å². The molecule has 0 saturated heterocycles. The van der Waals surface area contributed by atoms with Crippen LogP contribution >= 0.6 is 0 Å². The van der Waals surface area contributed by atoms with Crippen LogP contribution in [0.2, 0.25) is 0 Å². The summed E-state index contributed by atoms with van der Waals surface area (Å²) in [5.41, 5.74) is 3.67. The summed E-state index contributed by atoms with van der Waals surface area (Å²) in [6.07, 6.45) is -4.47. The van der Waals surface area contributed by atoms with Crippen molar-refractivity contribution in [3.8, 4) is 0 Å². The fourth-order valence-electron chi connectivity index (χ4n) is 1.59. The van der Waals surface area contributed by atoms with Crippen LogP contribution in [-0.4, -0.2) is 17.7 Å². The van der Waals surface area contributed by atoms with Crippen LogP contribution in [0.5, 0.6) is 0 Å². The minimum atomic E-state index is -4.91. The smallest absolute Gasteiger partial charge is 0.325 e. The number of hydrogen-bond donors (Lipinski definition) is 1. The maximum Gasteiger partial charge on any atom is 0.454 e. The molecular formula is C15H17F3NO2+. The van der Waals surface area contributed by atoms with E-state index in [9.17, 15) is 22.8 Å². The van der Waals surface area contributed by atoms with E-state index in [0.29, 0.717) is 17.2 Å². The number of alkyl halides is 3. The molecule has 0 amide bonds. The van der Waals surface area contributed by atoms with Crippen molar-refractivity contribution in [2.45, 2.75) is 26.9 Å². The molecule has 0 aromatic heterocycles. The number of Topliss-reactive ketones (excluding diaryl/α,β-unsaturated/α-hetero) is 1. The zero-order valence-electron chi connectivity index (χ0n) is 12.0. The van der Waals surface area contributed by atoms with E-state index in [1.807, 2.05) is 0 Å². The molecule has 6 heteroatoms. The van der Waals surface area contributed by atoms with Gasteiger partial charge in [0.1, 0.15) is 5.70 Å². The SMILES string of the molecule is CC(C)(C)C(=O)c1ccc(C([NH3+])=CC(=O)C(F)(F)F)cc1. The van der Waals surface area contributed by atoms with Crippen LogP contribution in [0.1, 0.15) is 36.7 Å². The molecule has 0 spiro atoms. The zero-order chi connectivity index (χ0) is 16.4. The molecule has 1 aromatic carbocycles. The Morgan fingerprint density at radius 1 is 1.00 bits per heavy atom. The lowest BCUT2D eigenvalue weighted by atomic mass is 9.86. The molecule has 21 heavy (non-hydrogen) atoms. The molecule has 3 nitrogen and oxygen atoms in total. The van der Waals surface area contributed by atoms with Gasteiger partial charge in [-0.2, -0.15) is 13.2 Å². The molecule has 3 N–H and O–H groups in total. The van der Waals surface area contributed by atoms with Gasteiger partial charge in [-0.3, -0.25) is 9.59 Å². The summed E-state index contributed by atoms with van der Waals surface area (Å²) in [7, 11) is 0. The number of ketones is 2. The summed E-state index contributed by atoms with van der Waals surface area (Å²) in [5, 5.41) is 0. The summed E-state index contributed by atoms with van der Waals surface area (Å²) in [6.45, 7) is 5.33. The highest BCUT2D eigenvalue weighted by atomic mass is 19.4. The maximum atomic E-state index is 12.2. The van der Waals surface area contributed by atoms with Crippen LogP contribution in [-0.2, 0) is 4.79 Å². The first-order chi connectivity index (χ1) is 9.43. The fraction of sp³-hybridized carbons (Fsp3) is 0.333. The monoisotopic (exact) mass is 300 g/mol. The summed E-state index contributed by atoms with van der Waals surface area (Å²) in [5.74, 6) is -2.03. The van der Waals surface area contributed by atoms with Gasteiger partial charge in [0.25, 0.3) is 5.78 Å². The van der Waals surface area contributed by atoms with E-state index in [1.54, 1.807) is 20.8 Å². The van der Waals surface area contributed by atoms with Crippen molar-refractivity contribution in [2.75, 3.05) is 0 Å². The van der Waals surface area contributed by atoms with Gasteiger partial charge in [-0.15, -0.1) is 0 Å². The standard InChI is InChI=1S/C15H16F3NO2/c1-14(2,3)13(21)10-6-4-9(5-7-10)11(19)8-12(20)15(16,17)18/h4-8H,19H2,1-3H3/p+1. The second-order valence-corrected chi connectivity index (χ2v) is 5.69. The Morgan fingerprint density at radius 3 is 1.81 bits per heavy atom. The van der Waals surface area contributed by atoms with Gasteiger partial charge in [0, 0.05) is 16.5 Å². The molecular weight excluding hydrogens is 283 g/mol. The van der Waals surface area contributed by atoms with Gasteiger partial charge >= 0.3 is 6.18 Å². The predicted octanol–water partition coefficient (Wildman–Crippen LogP) is 2.63. The first-order valence-corrected chi connectivity index (χ1v) is 6.23. The van der Waals surface area contributed by atoms with E-state index < -0.39 is 17.4 Å². The van der Waals surface area contributed by atoms with E-state index >= 15 is 0 Å². The second-order valence-electron chi connectivity index (χ2n) is 5.69. The lowest BCUT2D eigenvalue weighted by Crippen LogP contribution is -2.46. The van der Waals surface area contributed by atoms with Crippen molar-refractivity contribution in [3.63, 3.8) is 0 Å². The third-order valence-electron chi connectivity index (χ3n) is 2.78. The van der Waals surface area contributed by atoms with Crippen molar-refractivity contribution in [1.29, 1.82) is 0 Å². The Labute approximate surface area is 120 Å². The highest BCUT2D eigenvalue weighted by Crippen LogP contribution is 2.22. The number of rotatable bonds is 3. The molecule has 1 rings (SSSR count). The number of allylic oxidation sites excluding steroid dienone is 1. The number of benzene rings is 1. The van der Waals surface area contributed by atoms with Gasteiger partial charge in [0.05, 0.1) is 6.08 Å². The normalized spacial score (nSPS) is 13.2. The molecule has 0 saturated carbocycles. The second kappa shape index (κ2) is 5.81. The number of quaternary nitrogens is 1. The van der Waals surface area contributed by atoms with Crippen molar-refractivity contribution in [3.05, 3.63) is 41.5 Å². The number of carbonyl (C=O) groups is 2. The van der Waals surface area contributed by atoms with E-state index in [0.717, 1.165) is 0 Å². The molecule has 0 heterocycles. The third kappa shape index (κ3) is 4.53. The Kier molecular flexibility index (Phi) is 4.73. The summed E-state index contributed by atoms with van der Waals surface area (Å²) in [4.78, 5) is 22.9. The molecule has 0 atom stereocenters. The average molecular weight is 300 g/mol. The van der Waals surface area contributed by atoms with Gasteiger partial charge in [-0.1, -0.05) is 32.9 Å². The van der Waals surface area contributed by atoms with Crippen molar-refractivity contribution in [1.82, 2.24) is 0 Å². The van der Waals surface area contributed by atoms with Crippen LogP contribution in [0.15, 0.2) is 30.3 Å². The molecule has 0 aliphatic carbocycles. The van der Waals surface area contributed by atoms with Gasteiger partial charge in [-0.05, 0) is 12.1 Å². The average Bonchev–Trinajstić information content (AvgIpc) is 2.35. The Bertz CT molecular complexity index is 578. The van der Waals surface area contributed by atoms with Crippen molar-refractivity contribution >= 4 is 17.3 Å². The van der Waals surface area contributed by atoms with E-state index in [2.05, 4.69) is 5.73 Å². The minimum absolute atomic E-state index is 0.0490. The van der Waals surface area contributed by atoms with Crippen LogP contribution < -0.4 is 5.73 Å². The molecule has 0 unspecified atom stereocenters. The lowest BCUT2D eigenvalue weighted by Gasteiger charge is -2.16. The highest BCUT2D eigenvalue weighted by molar-refractivity contribution is 6.01. The van der Waals surface area contributed by atoms with Gasteiger partial charge < -0.3 is 5.73 Å². The molecule has 0 fully saturated rings. The number of carbonyl (C=O) groups excluding carboxylic acids is 2. The highest BCUT2D eigenvalue weighted by Gasteiger charge is 2.37. The molecule has 0 aliphatic rings. The topological polar surface area (TPSA) is 61.8 Å². The first kappa shape index (κ1) is 17.1.